The third-order valence-corrected chi connectivity index (χ3v) is 3.43. The van der Waals surface area contributed by atoms with Crippen molar-refractivity contribution in [2.24, 2.45) is 5.73 Å². The average molecular weight is 282 g/mol. The van der Waals surface area contributed by atoms with Crippen molar-refractivity contribution in [2.75, 3.05) is 4.90 Å². The molecule has 2 aromatic carbocycles. The second-order valence-electron chi connectivity index (χ2n) is 5.14. The van der Waals surface area contributed by atoms with Gasteiger partial charge in [-0.1, -0.05) is 61.9 Å². The molecule has 0 radical (unpaired) electrons. The maximum absolute atomic E-state index is 12.6. The molecule has 3 nitrogen and oxygen atoms in total. The number of carbonyl (C=O) groups excluding carboxylic acids is 1. The maximum atomic E-state index is 12.6. The quantitative estimate of drug-likeness (QED) is 0.883. The monoisotopic (exact) mass is 282 g/mol. The van der Waals surface area contributed by atoms with E-state index in [4.69, 9.17) is 5.73 Å². The lowest BCUT2D eigenvalue weighted by Gasteiger charge is -2.26. The van der Waals surface area contributed by atoms with Gasteiger partial charge in [0.05, 0.1) is 12.6 Å². The van der Waals surface area contributed by atoms with Gasteiger partial charge in [-0.05, 0) is 24.1 Å². The molecule has 1 atom stereocenters. The van der Waals surface area contributed by atoms with Crippen LogP contribution in [0.5, 0.6) is 0 Å². The number of hydrogen-bond acceptors (Lipinski definition) is 2. The lowest BCUT2D eigenvalue weighted by atomic mass is 10.1. The molecular weight excluding hydrogens is 260 g/mol. The first-order chi connectivity index (χ1) is 10.2. The molecule has 0 saturated carbocycles. The van der Waals surface area contributed by atoms with Crippen LogP contribution >= 0.6 is 0 Å². The lowest BCUT2D eigenvalue weighted by molar-refractivity contribution is -0.120. The summed E-state index contributed by atoms with van der Waals surface area (Å²) in [6.07, 6.45) is 1.61. The summed E-state index contributed by atoms with van der Waals surface area (Å²) in [4.78, 5) is 14.4. The Bertz CT molecular complexity index is 554. The Morgan fingerprint density at radius 1 is 1.05 bits per heavy atom. The van der Waals surface area contributed by atoms with Crippen molar-refractivity contribution in [3.05, 3.63) is 66.2 Å². The van der Waals surface area contributed by atoms with Crippen molar-refractivity contribution < 1.29 is 4.79 Å². The summed E-state index contributed by atoms with van der Waals surface area (Å²) in [6.45, 7) is 2.58. The molecule has 0 spiro atoms. The average Bonchev–Trinajstić information content (AvgIpc) is 2.54. The number of rotatable bonds is 6. The van der Waals surface area contributed by atoms with Crippen LogP contribution in [0.3, 0.4) is 0 Å². The molecule has 1 amide bonds. The third kappa shape index (κ3) is 4.17. The fourth-order valence-electron chi connectivity index (χ4n) is 2.31. The second kappa shape index (κ2) is 7.60. The number of hydrogen-bond donors (Lipinski definition) is 1. The fourth-order valence-corrected chi connectivity index (χ4v) is 2.31. The topological polar surface area (TPSA) is 46.3 Å². The first kappa shape index (κ1) is 15.3. The SMILES string of the molecule is CCCC(N)C(=O)N(Cc1ccccc1)c1ccccc1. The lowest BCUT2D eigenvalue weighted by Crippen LogP contribution is -2.43. The first-order valence-electron chi connectivity index (χ1n) is 7.38. The van der Waals surface area contributed by atoms with Gasteiger partial charge in [0.25, 0.3) is 0 Å². The molecule has 2 rings (SSSR count). The van der Waals surface area contributed by atoms with Crippen LogP contribution in [0.1, 0.15) is 25.3 Å². The molecular formula is C18H22N2O. The smallest absolute Gasteiger partial charge is 0.244 e. The van der Waals surface area contributed by atoms with Gasteiger partial charge in [0.2, 0.25) is 5.91 Å². The number of amides is 1. The Hall–Kier alpha value is -2.13. The number of nitrogens with zero attached hydrogens (tertiary/aromatic N) is 1. The zero-order valence-corrected chi connectivity index (χ0v) is 12.4. The van der Waals surface area contributed by atoms with Crippen LogP contribution in [-0.4, -0.2) is 11.9 Å². The summed E-state index contributed by atoms with van der Waals surface area (Å²) >= 11 is 0. The van der Waals surface area contributed by atoms with Gasteiger partial charge in [0.1, 0.15) is 0 Å². The van der Waals surface area contributed by atoms with Gasteiger partial charge in [-0.15, -0.1) is 0 Å². The van der Waals surface area contributed by atoms with Gasteiger partial charge >= 0.3 is 0 Å². The molecule has 0 fully saturated rings. The Morgan fingerprint density at radius 2 is 1.62 bits per heavy atom. The van der Waals surface area contributed by atoms with E-state index in [0.717, 1.165) is 17.7 Å². The Kier molecular flexibility index (Phi) is 5.52. The fraction of sp³-hybridized carbons (Fsp3) is 0.278. The predicted octanol–water partition coefficient (Wildman–Crippen LogP) is 3.35. The molecule has 0 aliphatic rings. The Balaban J connectivity index is 2.24. The number of nitrogens with two attached hydrogens (primary N) is 1. The van der Waals surface area contributed by atoms with E-state index < -0.39 is 6.04 Å². The van der Waals surface area contributed by atoms with E-state index in [-0.39, 0.29) is 5.91 Å². The van der Waals surface area contributed by atoms with Crippen LogP contribution in [0.25, 0.3) is 0 Å². The Labute approximate surface area is 126 Å². The van der Waals surface area contributed by atoms with E-state index in [1.165, 1.54) is 0 Å². The number of anilines is 1. The van der Waals surface area contributed by atoms with E-state index in [0.29, 0.717) is 13.0 Å². The molecule has 2 N–H and O–H groups in total. The van der Waals surface area contributed by atoms with E-state index in [2.05, 4.69) is 0 Å². The van der Waals surface area contributed by atoms with E-state index in [9.17, 15) is 4.79 Å². The van der Waals surface area contributed by atoms with Crippen molar-refractivity contribution in [1.82, 2.24) is 0 Å². The maximum Gasteiger partial charge on any atom is 0.244 e. The van der Waals surface area contributed by atoms with Gasteiger partial charge in [-0.3, -0.25) is 4.79 Å². The zero-order chi connectivity index (χ0) is 15.1. The van der Waals surface area contributed by atoms with Gasteiger partial charge in [0.15, 0.2) is 0 Å². The normalized spacial score (nSPS) is 11.9. The first-order valence-corrected chi connectivity index (χ1v) is 7.38. The third-order valence-electron chi connectivity index (χ3n) is 3.43. The second-order valence-corrected chi connectivity index (χ2v) is 5.14. The molecule has 0 aliphatic heterocycles. The summed E-state index contributed by atoms with van der Waals surface area (Å²) in [7, 11) is 0. The molecule has 0 aromatic heterocycles. The van der Waals surface area contributed by atoms with Gasteiger partial charge in [0, 0.05) is 5.69 Å². The summed E-state index contributed by atoms with van der Waals surface area (Å²) < 4.78 is 0. The van der Waals surface area contributed by atoms with Gasteiger partial charge in [-0.25, -0.2) is 0 Å². The minimum atomic E-state index is -0.445. The summed E-state index contributed by atoms with van der Waals surface area (Å²) in [5.41, 5.74) is 8.01. The van der Waals surface area contributed by atoms with Crippen molar-refractivity contribution >= 4 is 11.6 Å². The molecule has 0 heterocycles. The molecule has 2 aromatic rings. The molecule has 21 heavy (non-hydrogen) atoms. The summed E-state index contributed by atoms with van der Waals surface area (Å²) in [6, 6.07) is 19.2. The van der Waals surface area contributed by atoms with Crippen LogP contribution < -0.4 is 10.6 Å². The van der Waals surface area contributed by atoms with Crippen LogP contribution in [0.15, 0.2) is 60.7 Å². The van der Waals surface area contributed by atoms with E-state index in [1.807, 2.05) is 67.6 Å². The highest BCUT2D eigenvalue weighted by molar-refractivity contribution is 5.96. The summed E-state index contributed by atoms with van der Waals surface area (Å²) in [5, 5.41) is 0. The van der Waals surface area contributed by atoms with E-state index >= 15 is 0 Å². The summed E-state index contributed by atoms with van der Waals surface area (Å²) in [5.74, 6) is -0.0214. The minimum absolute atomic E-state index is 0.0214. The van der Waals surface area contributed by atoms with Crippen molar-refractivity contribution in [3.63, 3.8) is 0 Å². The highest BCUT2D eigenvalue weighted by atomic mass is 16.2. The molecule has 0 bridgehead atoms. The molecule has 1 unspecified atom stereocenters. The van der Waals surface area contributed by atoms with E-state index in [1.54, 1.807) is 4.90 Å². The van der Waals surface area contributed by atoms with Crippen LogP contribution in [0, 0.1) is 0 Å². The van der Waals surface area contributed by atoms with Crippen molar-refractivity contribution in [1.29, 1.82) is 0 Å². The van der Waals surface area contributed by atoms with Crippen LogP contribution in [0.4, 0.5) is 5.69 Å². The number of benzene rings is 2. The highest BCUT2D eigenvalue weighted by Crippen LogP contribution is 2.18. The zero-order valence-electron chi connectivity index (χ0n) is 12.4. The predicted molar refractivity (Wildman–Crippen MR) is 87.0 cm³/mol. The van der Waals surface area contributed by atoms with Gasteiger partial charge in [-0.2, -0.15) is 0 Å². The van der Waals surface area contributed by atoms with Crippen molar-refractivity contribution in [3.8, 4) is 0 Å². The number of para-hydroxylation sites is 1. The minimum Gasteiger partial charge on any atom is -0.320 e. The highest BCUT2D eigenvalue weighted by Gasteiger charge is 2.21. The Morgan fingerprint density at radius 3 is 2.19 bits per heavy atom. The van der Waals surface area contributed by atoms with Crippen molar-refractivity contribution in [2.45, 2.75) is 32.4 Å². The van der Waals surface area contributed by atoms with Crippen LogP contribution in [-0.2, 0) is 11.3 Å². The standard InChI is InChI=1S/C18H22N2O/c1-2-9-17(19)18(21)20(16-12-7-4-8-13-16)14-15-10-5-3-6-11-15/h3-8,10-13,17H,2,9,14,19H2,1H3. The molecule has 0 saturated heterocycles. The largest absolute Gasteiger partial charge is 0.320 e. The number of carbonyl (C=O) groups is 1. The molecule has 0 aliphatic carbocycles. The van der Waals surface area contributed by atoms with Crippen LogP contribution in [0.2, 0.25) is 0 Å². The molecule has 110 valence electrons. The molecule has 3 heteroatoms. The van der Waals surface area contributed by atoms with Gasteiger partial charge < -0.3 is 10.6 Å².